The fourth-order valence-electron chi connectivity index (χ4n) is 4.11. The minimum atomic E-state index is -4.09. The summed E-state index contributed by atoms with van der Waals surface area (Å²) in [5.41, 5.74) is 2.17. The zero-order valence-electron chi connectivity index (χ0n) is 17.7. The first-order chi connectivity index (χ1) is 15.7. The lowest BCUT2D eigenvalue weighted by molar-refractivity contribution is -0.133. The van der Waals surface area contributed by atoms with Crippen molar-refractivity contribution in [1.82, 2.24) is 4.31 Å². The van der Waals surface area contributed by atoms with Gasteiger partial charge in [-0.2, -0.15) is 4.31 Å². The number of hydrogen-bond donors (Lipinski definition) is 1. The molecule has 0 aromatic heterocycles. The van der Waals surface area contributed by atoms with Crippen LogP contribution in [0.25, 0.3) is 0 Å². The maximum Gasteiger partial charge on any atom is 0.333 e. The van der Waals surface area contributed by atoms with Crippen LogP contribution in [-0.2, 0) is 14.8 Å². The molecule has 2 atom stereocenters. The minimum Gasteiger partial charge on any atom is -0.478 e. The largest absolute Gasteiger partial charge is 0.478 e. The molecule has 1 heterocycles. The molecule has 0 amide bonds. The van der Waals surface area contributed by atoms with Crippen molar-refractivity contribution in [3.63, 3.8) is 0 Å². The third-order valence-electron chi connectivity index (χ3n) is 5.66. The van der Waals surface area contributed by atoms with Gasteiger partial charge in [0.25, 0.3) is 0 Å². The molecule has 0 radical (unpaired) electrons. The molecular weight excluding hydrogens is 526 g/mol. The number of hydrogen-bond acceptors (Lipinski definition) is 3. The van der Waals surface area contributed by atoms with Crippen molar-refractivity contribution >= 4 is 43.5 Å². The Morgan fingerprint density at radius 3 is 2.33 bits per heavy atom. The van der Waals surface area contributed by atoms with Crippen molar-refractivity contribution in [2.24, 2.45) is 0 Å². The molecule has 1 N–H and O–H groups in total. The van der Waals surface area contributed by atoms with Crippen molar-refractivity contribution in [2.75, 3.05) is 0 Å². The normalized spacial score (nSPS) is 19.2. The van der Waals surface area contributed by atoms with E-state index in [0.29, 0.717) is 10.6 Å². The highest BCUT2D eigenvalue weighted by Gasteiger charge is 2.44. The van der Waals surface area contributed by atoms with Crippen LogP contribution in [0.1, 0.15) is 35.2 Å². The molecular formula is C25H21BrClNO4S. The third-order valence-corrected chi connectivity index (χ3v) is 8.28. The van der Waals surface area contributed by atoms with Gasteiger partial charge in [-0.3, -0.25) is 0 Å². The maximum atomic E-state index is 14.1. The number of sulfonamides is 1. The van der Waals surface area contributed by atoms with E-state index in [-0.39, 0.29) is 16.9 Å². The van der Waals surface area contributed by atoms with Crippen LogP contribution < -0.4 is 0 Å². The topological polar surface area (TPSA) is 74.7 Å². The van der Waals surface area contributed by atoms with Crippen molar-refractivity contribution in [3.05, 3.63) is 111 Å². The van der Waals surface area contributed by atoms with E-state index in [1.165, 1.54) is 4.31 Å². The highest BCUT2D eigenvalue weighted by Crippen LogP contribution is 2.46. The predicted octanol–water partition coefficient (Wildman–Crippen LogP) is 6.30. The van der Waals surface area contributed by atoms with Crippen LogP contribution >= 0.6 is 27.5 Å². The molecule has 0 spiro atoms. The van der Waals surface area contributed by atoms with Gasteiger partial charge in [-0.1, -0.05) is 75.6 Å². The smallest absolute Gasteiger partial charge is 0.333 e. The monoisotopic (exact) mass is 545 g/mol. The summed E-state index contributed by atoms with van der Waals surface area (Å²) in [6.45, 7) is 1.88. The molecule has 1 aliphatic rings. The number of rotatable bonds is 5. The summed E-state index contributed by atoms with van der Waals surface area (Å²) in [6, 6.07) is 19.0. The van der Waals surface area contributed by atoms with Crippen LogP contribution in [0.5, 0.6) is 0 Å². The van der Waals surface area contributed by atoms with Crippen molar-refractivity contribution in [3.8, 4) is 0 Å². The van der Waals surface area contributed by atoms with E-state index in [4.69, 9.17) is 11.6 Å². The Bertz CT molecular complexity index is 1340. The first-order valence-corrected chi connectivity index (χ1v) is 12.8. The molecule has 5 nitrogen and oxygen atoms in total. The number of carboxylic acids is 1. The number of carboxylic acid groups (broad SMARTS) is 1. The number of benzene rings is 3. The van der Waals surface area contributed by atoms with E-state index < -0.39 is 28.1 Å². The molecule has 3 aromatic carbocycles. The summed E-state index contributed by atoms with van der Waals surface area (Å²) < 4.78 is 30.2. The van der Waals surface area contributed by atoms with E-state index in [0.717, 1.165) is 15.6 Å². The Morgan fingerprint density at radius 1 is 1.03 bits per heavy atom. The molecule has 0 saturated carbocycles. The van der Waals surface area contributed by atoms with Gasteiger partial charge in [-0.15, -0.1) is 0 Å². The summed E-state index contributed by atoms with van der Waals surface area (Å²) in [4.78, 5) is 12.3. The van der Waals surface area contributed by atoms with Crippen LogP contribution in [0.3, 0.4) is 0 Å². The second-order valence-corrected chi connectivity index (χ2v) is 11.1. The molecule has 4 rings (SSSR count). The van der Waals surface area contributed by atoms with Gasteiger partial charge in [0.15, 0.2) is 0 Å². The Hall–Kier alpha value is -2.45. The highest BCUT2D eigenvalue weighted by molar-refractivity contribution is 9.10. The molecule has 1 aliphatic heterocycles. The fourth-order valence-corrected chi connectivity index (χ4v) is 6.51. The number of carbonyl (C=O) groups is 1. The number of halogens is 2. The SMILES string of the molecule is Cc1ccc(S(=O)(=O)N2[C@@H](c3cccc(Cl)c3)C(C(=O)O)=CC[C@H]2c2cccc(Br)c2)cc1. The van der Waals surface area contributed by atoms with Gasteiger partial charge in [-0.05, 0) is 60.9 Å². The summed E-state index contributed by atoms with van der Waals surface area (Å²) >= 11 is 9.68. The standard InChI is InChI=1S/C25H21BrClNO4S/c1-16-8-10-21(11-9-16)33(31,32)28-23(17-4-2-6-19(26)14-17)13-12-22(25(29)30)24(28)18-5-3-7-20(27)15-18/h2-12,14-15,23-24H,13H2,1H3,(H,29,30)/t23-,24-/m0/s1. The van der Waals surface area contributed by atoms with Crippen LogP contribution in [0.4, 0.5) is 0 Å². The fraction of sp³-hybridized carbons (Fsp3) is 0.160. The summed E-state index contributed by atoms with van der Waals surface area (Å²) in [7, 11) is -4.09. The maximum absolute atomic E-state index is 14.1. The Labute approximate surface area is 206 Å². The lowest BCUT2D eigenvalue weighted by atomic mass is 9.89. The number of nitrogens with zero attached hydrogens (tertiary/aromatic N) is 1. The first-order valence-electron chi connectivity index (χ1n) is 10.2. The minimum absolute atomic E-state index is 0.000741. The average Bonchev–Trinajstić information content (AvgIpc) is 2.78. The highest BCUT2D eigenvalue weighted by atomic mass is 79.9. The Balaban J connectivity index is 1.98. The number of aliphatic carboxylic acids is 1. The van der Waals surface area contributed by atoms with Gasteiger partial charge in [0.1, 0.15) is 0 Å². The number of aryl methyl sites for hydroxylation is 1. The summed E-state index contributed by atoms with van der Waals surface area (Å²) in [5.74, 6) is -1.17. The third kappa shape index (κ3) is 4.77. The van der Waals surface area contributed by atoms with Crippen molar-refractivity contribution in [2.45, 2.75) is 30.3 Å². The van der Waals surface area contributed by atoms with Gasteiger partial charge in [0, 0.05) is 9.50 Å². The lowest BCUT2D eigenvalue weighted by Gasteiger charge is -2.40. The van der Waals surface area contributed by atoms with Crippen LogP contribution in [0.2, 0.25) is 5.02 Å². The molecule has 0 fully saturated rings. The quantitative estimate of drug-likeness (QED) is 0.408. The lowest BCUT2D eigenvalue weighted by Crippen LogP contribution is -2.42. The zero-order chi connectivity index (χ0) is 23.8. The van der Waals surface area contributed by atoms with E-state index in [9.17, 15) is 18.3 Å². The molecule has 3 aromatic rings. The molecule has 0 unspecified atom stereocenters. The Kier molecular flexibility index (Phi) is 6.77. The van der Waals surface area contributed by atoms with Gasteiger partial charge >= 0.3 is 5.97 Å². The van der Waals surface area contributed by atoms with Gasteiger partial charge in [-0.25, -0.2) is 13.2 Å². The van der Waals surface area contributed by atoms with Gasteiger partial charge in [0.2, 0.25) is 10.0 Å². The van der Waals surface area contributed by atoms with Crippen LogP contribution in [0.15, 0.2) is 93.8 Å². The van der Waals surface area contributed by atoms with E-state index >= 15 is 0 Å². The van der Waals surface area contributed by atoms with E-state index in [1.807, 2.05) is 31.2 Å². The molecule has 170 valence electrons. The van der Waals surface area contributed by atoms with E-state index in [2.05, 4.69) is 15.9 Å². The summed E-state index contributed by atoms with van der Waals surface area (Å²) in [5, 5.41) is 10.4. The molecule has 33 heavy (non-hydrogen) atoms. The van der Waals surface area contributed by atoms with Crippen molar-refractivity contribution < 1.29 is 18.3 Å². The van der Waals surface area contributed by atoms with E-state index in [1.54, 1.807) is 54.6 Å². The average molecular weight is 547 g/mol. The Morgan fingerprint density at radius 2 is 1.70 bits per heavy atom. The molecule has 0 bridgehead atoms. The van der Waals surface area contributed by atoms with Gasteiger partial charge in [0.05, 0.1) is 22.6 Å². The second kappa shape index (κ2) is 9.43. The van der Waals surface area contributed by atoms with Crippen LogP contribution in [0, 0.1) is 6.92 Å². The first kappa shape index (κ1) is 23.7. The molecule has 0 aliphatic carbocycles. The molecule has 0 saturated heterocycles. The zero-order valence-corrected chi connectivity index (χ0v) is 20.8. The molecule has 8 heteroatoms. The summed E-state index contributed by atoms with van der Waals surface area (Å²) in [6.07, 6.45) is 1.83. The van der Waals surface area contributed by atoms with Crippen molar-refractivity contribution in [1.29, 1.82) is 0 Å². The second-order valence-electron chi connectivity index (χ2n) is 7.88. The van der Waals surface area contributed by atoms with Gasteiger partial charge < -0.3 is 5.11 Å². The van der Waals surface area contributed by atoms with Crippen LogP contribution in [-0.4, -0.2) is 23.8 Å². The predicted molar refractivity (Wildman–Crippen MR) is 132 cm³/mol.